The second-order valence-electron chi connectivity index (χ2n) is 3.37. The van der Waals surface area contributed by atoms with Gasteiger partial charge in [0, 0.05) is 18.4 Å². The number of aromatic nitrogens is 2. The summed E-state index contributed by atoms with van der Waals surface area (Å²) in [5.74, 6) is 0.600. The van der Waals surface area contributed by atoms with Gasteiger partial charge in [-0.15, -0.1) is 0 Å². The van der Waals surface area contributed by atoms with Crippen molar-refractivity contribution in [2.24, 2.45) is 11.7 Å². The van der Waals surface area contributed by atoms with Crippen LogP contribution in [-0.2, 0) is 0 Å². The highest BCUT2D eigenvalue weighted by molar-refractivity contribution is 4.96. The smallest absolute Gasteiger partial charge is 0.158 e. The third-order valence-electron chi connectivity index (χ3n) is 1.98. The van der Waals surface area contributed by atoms with Crippen molar-refractivity contribution in [2.45, 2.75) is 26.0 Å². The van der Waals surface area contributed by atoms with E-state index >= 15 is 0 Å². The number of hydrogen-bond acceptors (Lipinski definition) is 4. The van der Waals surface area contributed by atoms with Crippen molar-refractivity contribution in [1.29, 1.82) is 0 Å². The molecule has 2 atom stereocenters. The number of nitrogens with two attached hydrogens (primary N) is 1. The van der Waals surface area contributed by atoms with E-state index in [-0.39, 0.29) is 12.0 Å². The first-order valence-electron chi connectivity index (χ1n) is 4.33. The maximum Gasteiger partial charge on any atom is 0.158 e. The van der Waals surface area contributed by atoms with Gasteiger partial charge >= 0.3 is 0 Å². The molecular weight excluding hydrogens is 166 g/mol. The molecule has 13 heavy (non-hydrogen) atoms. The number of rotatable bonds is 3. The molecule has 0 aliphatic carbocycles. The van der Waals surface area contributed by atoms with Gasteiger partial charge in [0.05, 0.1) is 0 Å². The Morgan fingerprint density at radius 2 is 1.85 bits per heavy atom. The first-order valence-corrected chi connectivity index (χ1v) is 4.33. The van der Waals surface area contributed by atoms with E-state index in [4.69, 9.17) is 5.73 Å². The van der Waals surface area contributed by atoms with Crippen LogP contribution in [-0.4, -0.2) is 21.1 Å². The van der Waals surface area contributed by atoms with Crippen LogP contribution in [0.15, 0.2) is 18.5 Å². The molecule has 4 heteroatoms. The van der Waals surface area contributed by atoms with Gasteiger partial charge < -0.3 is 10.8 Å². The lowest BCUT2D eigenvalue weighted by atomic mass is 9.99. The van der Waals surface area contributed by atoms with Crippen molar-refractivity contribution in [3.63, 3.8) is 0 Å². The van der Waals surface area contributed by atoms with Gasteiger partial charge in [-0.2, -0.15) is 0 Å². The van der Waals surface area contributed by atoms with Gasteiger partial charge in [0.1, 0.15) is 6.10 Å². The van der Waals surface area contributed by atoms with Crippen LogP contribution in [0.4, 0.5) is 0 Å². The minimum atomic E-state index is -0.777. The van der Waals surface area contributed by atoms with E-state index in [9.17, 15) is 5.11 Å². The Balaban J connectivity index is 2.73. The standard InChI is InChI=1S/C9H15N3O/c1-6(2)7(10)8(13)9-11-4-3-5-12-9/h3-8,13H,10H2,1-2H3. The SMILES string of the molecule is CC(C)C(N)C(O)c1ncccn1. The molecule has 0 saturated carbocycles. The zero-order chi connectivity index (χ0) is 9.84. The molecule has 0 amide bonds. The maximum atomic E-state index is 9.71. The fourth-order valence-corrected chi connectivity index (χ4v) is 1.00. The molecule has 4 nitrogen and oxygen atoms in total. The summed E-state index contributed by atoms with van der Waals surface area (Å²) in [6, 6.07) is 1.39. The predicted octanol–water partition coefficient (Wildman–Crippen LogP) is 0.493. The third-order valence-corrected chi connectivity index (χ3v) is 1.98. The average molecular weight is 181 g/mol. The topological polar surface area (TPSA) is 72.0 Å². The monoisotopic (exact) mass is 181 g/mol. The van der Waals surface area contributed by atoms with Crippen molar-refractivity contribution in [2.75, 3.05) is 0 Å². The zero-order valence-corrected chi connectivity index (χ0v) is 7.88. The van der Waals surface area contributed by atoms with Crippen LogP contribution in [0, 0.1) is 5.92 Å². The fourth-order valence-electron chi connectivity index (χ4n) is 1.00. The molecule has 0 saturated heterocycles. The Labute approximate surface area is 77.8 Å². The van der Waals surface area contributed by atoms with Crippen LogP contribution < -0.4 is 5.73 Å². The molecule has 2 unspecified atom stereocenters. The Morgan fingerprint density at radius 3 is 2.31 bits per heavy atom. The highest BCUT2D eigenvalue weighted by Crippen LogP contribution is 2.15. The zero-order valence-electron chi connectivity index (χ0n) is 7.88. The summed E-state index contributed by atoms with van der Waals surface area (Å²) in [5, 5.41) is 9.71. The van der Waals surface area contributed by atoms with Crippen LogP contribution in [0.2, 0.25) is 0 Å². The maximum absolute atomic E-state index is 9.71. The summed E-state index contributed by atoms with van der Waals surface area (Å²) >= 11 is 0. The number of aliphatic hydroxyl groups is 1. The Hall–Kier alpha value is -1.00. The van der Waals surface area contributed by atoms with Gasteiger partial charge in [0.25, 0.3) is 0 Å². The molecule has 0 aliphatic heterocycles. The van der Waals surface area contributed by atoms with Gasteiger partial charge in [0.2, 0.25) is 0 Å². The van der Waals surface area contributed by atoms with Gasteiger partial charge in [-0.1, -0.05) is 13.8 Å². The van der Waals surface area contributed by atoms with Gasteiger partial charge in [-0.25, -0.2) is 9.97 Å². The molecule has 0 aromatic carbocycles. The fraction of sp³-hybridized carbons (Fsp3) is 0.556. The van der Waals surface area contributed by atoms with Crippen molar-refractivity contribution in [3.05, 3.63) is 24.3 Å². The van der Waals surface area contributed by atoms with Crippen molar-refractivity contribution in [1.82, 2.24) is 9.97 Å². The van der Waals surface area contributed by atoms with E-state index in [1.807, 2.05) is 13.8 Å². The number of aliphatic hydroxyl groups excluding tert-OH is 1. The molecule has 1 rings (SSSR count). The van der Waals surface area contributed by atoms with Crippen molar-refractivity contribution < 1.29 is 5.11 Å². The van der Waals surface area contributed by atoms with E-state index in [1.165, 1.54) is 0 Å². The van der Waals surface area contributed by atoms with E-state index in [0.717, 1.165) is 0 Å². The first-order chi connectivity index (χ1) is 6.13. The molecule has 0 bridgehead atoms. The van der Waals surface area contributed by atoms with Crippen LogP contribution >= 0.6 is 0 Å². The molecule has 0 aliphatic rings. The Bertz CT molecular complexity index is 250. The summed E-state index contributed by atoms with van der Waals surface area (Å²) in [4.78, 5) is 7.88. The van der Waals surface area contributed by atoms with E-state index < -0.39 is 6.10 Å². The summed E-state index contributed by atoms with van der Waals surface area (Å²) in [6.45, 7) is 3.91. The quantitative estimate of drug-likeness (QED) is 0.712. The molecule has 1 aromatic heterocycles. The number of hydrogen-bond donors (Lipinski definition) is 2. The average Bonchev–Trinajstić information content (AvgIpc) is 2.17. The summed E-state index contributed by atoms with van der Waals surface area (Å²) in [6.07, 6.45) is 2.41. The second-order valence-corrected chi connectivity index (χ2v) is 3.37. The minimum Gasteiger partial charge on any atom is -0.383 e. The highest BCUT2D eigenvalue weighted by Gasteiger charge is 2.21. The van der Waals surface area contributed by atoms with E-state index in [2.05, 4.69) is 9.97 Å². The van der Waals surface area contributed by atoms with E-state index in [1.54, 1.807) is 18.5 Å². The summed E-state index contributed by atoms with van der Waals surface area (Å²) in [7, 11) is 0. The lowest BCUT2D eigenvalue weighted by Gasteiger charge is -2.20. The highest BCUT2D eigenvalue weighted by atomic mass is 16.3. The molecule has 1 heterocycles. The molecular formula is C9H15N3O. The molecule has 0 radical (unpaired) electrons. The lowest BCUT2D eigenvalue weighted by molar-refractivity contribution is 0.117. The molecule has 0 fully saturated rings. The van der Waals surface area contributed by atoms with Gasteiger partial charge in [-0.05, 0) is 12.0 Å². The first kappa shape index (κ1) is 10.1. The molecule has 1 aromatic rings. The van der Waals surface area contributed by atoms with Crippen molar-refractivity contribution >= 4 is 0 Å². The normalized spacial score (nSPS) is 15.8. The van der Waals surface area contributed by atoms with E-state index in [0.29, 0.717) is 5.82 Å². The molecule has 72 valence electrons. The summed E-state index contributed by atoms with van der Waals surface area (Å²) < 4.78 is 0. The lowest BCUT2D eigenvalue weighted by Crippen LogP contribution is -2.34. The Kier molecular flexibility index (Phi) is 3.33. The number of nitrogens with zero attached hydrogens (tertiary/aromatic N) is 2. The third kappa shape index (κ3) is 2.47. The Morgan fingerprint density at radius 1 is 1.31 bits per heavy atom. The summed E-state index contributed by atoms with van der Waals surface area (Å²) in [5.41, 5.74) is 5.76. The second kappa shape index (κ2) is 4.30. The van der Waals surface area contributed by atoms with Gasteiger partial charge in [-0.3, -0.25) is 0 Å². The van der Waals surface area contributed by atoms with Crippen LogP contribution in [0.1, 0.15) is 25.8 Å². The molecule has 0 spiro atoms. The molecule has 3 N–H and O–H groups in total. The van der Waals surface area contributed by atoms with Crippen LogP contribution in [0.3, 0.4) is 0 Å². The van der Waals surface area contributed by atoms with Crippen LogP contribution in [0.25, 0.3) is 0 Å². The minimum absolute atomic E-state index is 0.207. The van der Waals surface area contributed by atoms with Gasteiger partial charge in [0.15, 0.2) is 5.82 Å². The van der Waals surface area contributed by atoms with Crippen molar-refractivity contribution in [3.8, 4) is 0 Å². The predicted molar refractivity (Wildman–Crippen MR) is 49.8 cm³/mol. The largest absolute Gasteiger partial charge is 0.383 e. The van der Waals surface area contributed by atoms with Crippen LogP contribution in [0.5, 0.6) is 0 Å².